The van der Waals surface area contributed by atoms with E-state index >= 15 is 0 Å². The lowest BCUT2D eigenvalue weighted by molar-refractivity contribution is 0.173. The normalized spacial score (nSPS) is 21.6. The minimum Gasteiger partial charge on any atom is -0.394 e. The number of aliphatic hydroxyl groups is 1. The molecule has 0 aliphatic heterocycles. The van der Waals surface area contributed by atoms with E-state index in [2.05, 4.69) is 10.1 Å². The van der Waals surface area contributed by atoms with E-state index in [1.165, 1.54) is 6.42 Å². The number of hydrogen-bond acceptors (Lipinski definition) is 5. The largest absolute Gasteiger partial charge is 0.394 e. The third kappa shape index (κ3) is 1.53. The zero-order chi connectivity index (χ0) is 10.2. The maximum Gasteiger partial charge on any atom is 0.248 e. The molecule has 1 aliphatic carbocycles. The number of nitrogens with two attached hydrogens (primary N) is 1. The van der Waals surface area contributed by atoms with Crippen LogP contribution in [0.3, 0.4) is 0 Å². The first-order valence-electron chi connectivity index (χ1n) is 4.87. The van der Waals surface area contributed by atoms with Gasteiger partial charge in [0, 0.05) is 5.92 Å². The molecule has 0 amide bonds. The van der Waals surface area contributed by atoms with Crippen molar-refractivity contribution >= 4 is 0 Å². The number of aliphatic hydroxyl groups excluding tert-OH is 1. The standard InChI is InChI=1S/C9H15N3O2/c1-9(10,5-13)8-11-7(12-14-8)6-3-2-4-6/h6,13H,2-5,10H2,1H3. The second-order valence-electron chi connectivity index (χ2n) is 4.16. The molecule has 14 heavy (non-hydrogen) atoms. The van der Waals surface area contributed by atoms with Crippen molar-refractivity contribution in [1.29, 1.82) is 0 Å². The van der Waals surface area contributed by atoms with E-state index in [0.717, 1.165) is 18.7 Å². The summed E-state index contributed by atoms with van der Waals surface area (Å²) < 4.78 is 5.03. The third-order valence-electron chi connectivity index (χ3n) is 2.73. The molecule has 3 N–H and O–H groups in total. The van der Waals surface area contributed by atoms with Crippen molar-refractivity contribution in [1.82, 2.24) is 10.1 Å². The zero-order valence-electron chi connectivity index (χ0n) is 8.23. The van der Waals surface area contributed by atoms with E-state index in [1.54, 1.807) is 6.92 Å². The number of aromatic nitrogens is 2. The van der Waals surface area contributed by atoms with Gasteiger partial charge in [-0.3, -0.25) is 0 Å². The molecule has 1 atom stereocenters. The van der Waals surface area contributed by atoms with Crippen molar-refractivity contribution in [3.05, 3.63) is 11.7 Å². The van der Waals surface area contributed by atoms with Crippen LogP contribution in [0.4, 0.5) is 0 Å². The van der Waals surface area contributed by atoms with Crippen LogP contribution in [-0.4, -0.2) is 21.9 Å². The van der Waals surface area contributed by atoms with E-state index in [9.17, 15) is 0 Å². The second-order valence-corrected chi connectivity index (χ2v) is 4.16. The van der Waals surface area contributed by atoms with Crippen LogP contribution in [0.25, 0.3) is 0 Å². The van der Waals surface area contributed by atoms with Crippen molar-refractivity contribution in [3.63, 3.8) is 0 Å². The third-order valence-corrected chi connectivity index (χ3v) is 2.73. The summed E-state index contributed by atoms with van der Waals surface area (Å²) in [6.45, 7) is 1.48. The van der Waals surface area contributed by atoms with E-state index in [-0.39, 0.29) is 6.61 Å². The smallest absolute Gasteiger partial charge is 0.248 e. The Morgan fingerprint density at radius 3 is 2.86 bits per heavy atom. The summed E-state index contributed by atoms with van der Waals surface area (Å²) in [5.41, 5.74) is 4.84. The molecule has 0 radical (unpaired) electrons. The van der Waals surface area contributed by atoms with Crippen LogP contribution in [0.15, 0.2) is 4.52 Å². The maximum atomic E-state index is 9.01. The quantitative estimate of drug-likeness (QED) is 0.737. The van der Waals surface area contributed by atoms with Crippen LogP contribution in [0.2, 0.25) is 0 Å². The Labute approximate surface area is 82.3 Å². The van der Waals surface area contributed by atoms with Gasteiger partial charge < -0.3 is 15.4 Å². The van der Waals surface area contributed by atoms with E-state index in [0.29, 0.717) is 11.8 Å². The summed E-state index contributed by atoms with van der Waals surface area (Å²) in [5.74, 6) is 1.49. The molecule has 1 heterocycles. The van der Waals surface area contributed by atoms with Crippen molar-refractivity contribution in [2.45, 2.75) is 37.6 Å². The van der Waals surface area contributed by atoms with Crippen molar-refractivity contribution in [2.75, 3.05) is 6.61 Å². The fraction of sp³-hybridized carbons (Fsp3) is 0.778. The molecule has 0 aromatic carbocycles. The minimum absolute atomic E-state index is 0.195. The highest BCUT2D eigenvalue weighted by Crippen LogP contribution is 2.34. The Hall–Kier alpha value is -0.940. The topological polar surface area (TPSA) is 85.2 Å². The SMILES string of the molecule is CC(N)(CO)c1nc(C2CCC2)no1. The lowest BCUT2D eigenvalue weighted by atomic mass is 9.85. The molecule has 2 rings (SSSR count). The van der Waals surface area contributed by atoms with Crippen LogP contribution < -0.4 is 5.73 Å². The average Bonchev–Trinajstić information content (AvgIpc) is 2.51. The number of nitrogens with zero attached hydrogens (tertiary/aromatic N) is 2. The summed E-state index contributed by atoms with van der Waals surface area (Å²) in [7, 11) is 0. The second kappa shape index (κ2) is 3.33. The Bertz CT molecular complexity index is 318. The van der Waals surface area contributed by atoms with Gasteiger partial charge in [0.05, 0.1) is 6.61 Å². The summed E-state index contributed by atoms with van der Waals surface area (Å²) in [6.07, 6.45) is 3.48. The van der Waals surface area contributed by atoms with Gasteiger partial charge in [0.2, 0.25) is 5.89 Å². The molecule has 1 fully saturated rings. The summed E-state index contributed by atoms with van der Waals surface area (Å²) in [5, 5.41) is 12.9. The van der Waals surface area contributed by atoms with Crippen LogP contribution in [0.1, 0.15) is 43.8 Å². The molecule has 1 aliphatic rings. The predicted molar refractivity (Wildman–Crippen MR) is 49.5 cm³/mol. The Morgan fingerprint density at radius 1 is 1.64 bits per heavy atom. The Morgan fingerprint density at radius 2 is 2.36 bits per heavy atom. The molecule has 0 bridgehead atoms. The van der Waals surface area contributed by atoms with Gasteiger partial charge in [0.15, 0.2) is 5.82 Å². The fourth-order valence-corrected chi connectivity index (χ4v) is 1.37. The summed E-state index contributed by atoms with van der Waals surface area (Å²) >= 11 is 0. The molecule has 1 aromatic heterocycles. The molecular formula is C9H15N3O2. The van der Waals surface area contributed by atoms with Crippen molar-refractivity contribution in [2.24, 2.45) is 5.73 Å². The molecule has 0 spiro atoms. The number of rotatable bonds is 3. The lowest BCUT2D eigenvalue weighted by Crippen LogP contribution is -2.37. The lowest BCUT2D eigenvalue weighted by Gasteiger charge is -2.21. The Balaban J connectivity index is 2.16. The molecule has 0 saturated heterocycles. The van der Waals surface area contributed by atoms with Crippen LogP contribution in [0.5, 0.6) is 0 Å². The fourth-order valence-electron chi connectivity index (χ4n) is 1.37. The van der Waals surface area contributed by atoms with Gasteiger partial charge in [-0.25, -0.2) is 0 Å². The monoisotopic (exact) mass is 197 g/mol. The highest BCUT2D eigenvalue weighted by molar-refractivity contribution is 5.05. The molecule has 1 aromatic rings. The van der Waals surface area contributed by atoms with Crippen LogP contribution in [-0.2, 0) is 5.54 Å². The van der Waals surface area contributed by atoms with Gasteiger partial charge in [-0.05, 0) is 19.8 Å². The highest BCUT2D eigenvalue weighted by atomic mass is 16.5. The first kappa shape index (κ1) is 9.61. The van der Waals surface area contributed by atoms with Gasteiger partial charge in [-0.2, -0.15) is 4.98 Å². The average molecular weight is 197 g/mol. The van der Waals surface area contributed by atoms with Gasteiger partial charge in [0.1, 0.15) is 5.54 Å². The van der Waals surface area contributed by atoms with Gasteiger partial charge in [-0.1, -0.05) is 11.6 Å². The van der Waals surface area contributed by atoms with Gasteiger partial charge >= 0.3 is 0 Å². The van der Waals surface area contributed by atoms with E-state index < -0.39 is 5.54 Å². The first-order chi connectivity index (χ1) is 6.63. The molecule has 1 unspecified atom stereocenters. The zero-order valence-corrected chi connectivity index (χ0v) is 8.23. The van der Waals surface area contributed by atoms with Crippen LogP contribution in [0, 0.1) is 0 Å². The molecule has 5 nitrogen and oxygen atoms in total. The summed E-state index contributed by atoms with van der Waals surface area (Å²) in [4.78, 5) is 4.21. The van der Waals surface area contributed by atoms with Crippen LogP contribution >= 0.6 is 0 Å². The Kier molecular flexibility index (Phi) is 2.28. The molecule has 78 valence electrons. The van der Waals surface area contributed by atoms with Crippen molar-refractivity contribution in [3.8, 4) is 0 Å². The first-order valence-corrected chi connectivity index (χ1v) is 4.87. The summed E-state index contributed by atoms with van der Waals surface area (Å²) in [6, 6.07) is 0. The number of hydrogen-bond donors (Lipinski definition) is 2. The van der Waals surface area contributed by atoms with Gasteiger partial charge in [-0.15, -0.1) is 0 Å². The predicted octanol–water partition coefficient (Wildman–Crippen LogP) is 0.503. The van der Waals surface area contributed by atoms with E-state index in [1.807, 2.05) is 0 Å². The minimum atomic E-state index is -0.922. The van der Waals surface area contributed by atoms with Gasteiger partial charge in [0.25, 0.3) is 0 Å². The van der Waals surface area contributed by atoms with Crippen molar-refractivity contribution < 1.29 is 9.63 Å². The van der Waals surface area contributed by atoms with E-state index in [4.69, 9.17) is 15.4 Å². The molecule has 5 heteroatoms. The molecular weight excluding hydrogens is 182 g/mol. The molecule has 1 saturated carbocycles. The highest BCUT2D eigenvalue weighted by Gasteiger charge is 2.31. The maximum absolute atomic E-state index is 9.01.